The van der Waals surface area contributed by atoms with Crippen LogP contribution in [0.15, 0.2) is 18.2 Å². The van der Waals surface area contributed by atoms with Crippen LogP contribution in [0.1, 0.15) is 24.0 Å². The second-order valence-electron chi connectivity index (χ2n) is 4.80. The summed E-state index contributed by atoms with van der Waals surface area (Å²) in [5, 5.41) is 9.04. The highest BCUT2D eigenvalue weighted by Gasteiger charge is 2.31. The van der Waals surface area contributed by atoms with E-state index < -0.39 is 11.7 Å². The third kappa shape index (κ3) is 2.93. The highest BCUT2D eigenvalue weighted by atomic mass is 19.4. The van der Waals surface area contributed by atoms with E-state index in [1.165, 1.54) is 6.07 Å². The Hall–Kier alpha value is -2.03. The molecule has 1 saturated heterocycles. The van der Waals surface area contributed by atoms with Gasteiger partial charge in [-0.05, 0) is 31.0 Å². The lowest BCUT2D eigenvalue weighted by atomic mass is 9.97. The molecule has 2 rings (SSSR count). The number of carbonyl (C=O) groups excluding carboxylic acids is 1. The molecule has 0 spiro atoms. The van der Waals surface area contributed by atoms with Gasteiger partial charge < -0.3 is 9.69 Å². The molecule has 106 valence electrons. The van der Waals surface area contributed by atoms with Crippen LogP contribution in [-0.2, 0) is 11.0 Å². The number of hydrogen-bond donors (Lipinski definition) is 0. The number of nitriles is 1. The summed E-state index contributed by atoms with van der Waals surface area (Å²) in [6.45, 7) is 1.15. The van der Waals surface area contributed by atoms with E-state index in [1.807, 2.05) is 11.0 Å². The smallest absolute Gasteiger partial charge is 0.370 e. The minimum Gasteiger partial charge on any atom is -0.370 e. The summed E-state index contributed by atoms with van der Waals surface area (Å²) in [6.07, 6.45) is -2.21. The zero-order chi connectivity index (χ0) is 14.8. The van der Waals surface area contributed by atoms with Crippen molar-refractivity contribution in [3.63, 3.8) is 0 Å². The average molecular weight is 282 g/mol. The maximum absolute atomic E-state index is 12.6. The van der Waals surface area contributed by atoms with Gasteiger partial charge in [0.15, 0.2) is 0 Å². The molecular formula is C14H13F3N2O. The van der Waals surface area contributed by atoms with Gasteiger partial charge in [-0.15, -0.1) is 0 Å². The van der Waals surface area contributed by atoms with Gasteiger partial charge in [0.2, 0.25) is 0 Å². The number of anilines is 1. The van der Waals surface area contributed by atoms with Gasteiger partial charge in [0, 0.05) is 19.0 Å². The van der Waals surface area contributed by atoms with Crippen molar-refractivity contribution >= 4 is 12.0 Å². The summed E-state index contributed by atoms with van der Waals surface area (Å²) in [4.78, 5) is 12.5. The molecule has 20 heavy (non-hydrogen) atoms. The second kappa shape index (κ2) is 5.53. The number of piperidine rings is 1. The molecule has 0 aromatic heterocycles. The van der Waals surface area contributed by atoms with Gasteiger partial charge in [0.1, 0.15) is 12.4 Å². The van der Waals surface area contributed by atoms with Crippen molar-refractivity contribution in [2.75, 3.05) is 18.0 Å². The first kappa shape index (κ1) is 14.4. The Kier molecular flexibility index (Phi) is 3.98. The molecule has 0 unspecified atom stereocenters. The van der Waals surface area contributed by atoms with E-state index in [9.17, 15) is 18.0 Å². The van der Waals surface area contributed by atoms with Crippen LogP contribution in [0.3, 0.4) is 0 Å². The first-order chi connectivity index (χ1) is 9.45. The molecule has 6 heteroatoms. The van der Waals surface area contributed by atoms with Crippen LogP contribution in [0.2, 0.25) is 0 Å². The fraction of sp³-hybridized carbons (Fsp3) is 0.429. The minimum absolute atomic E-state index is 0.00577. The largest absolute Gasteiger partial charge is 0.416 e. The molecule has 0 amide bonds. The summed E-state index contributed by atoms with van der Waals surface area (Å²) in [5.41, 5.74) is -0.296. The molecule has 1 fully saturated rings. The minimum atomic E-state index is -4.45. The van der Waals surface area contributed by atoms with Crippen LogP contribution < -0.4 is 4.90 Å². The van der Waals surface area contributed by atoms with E-state index in [1.54, 1.807) is 0 Å². The summed E-state index contributed by atoms with van der Waals surface area (Å²) >= 11 is 0. The maximum atomic E-state index is 12.6. The van der Waals surface area contributed by atoms with Crippen molar-refractivity contribution in [1.29, 1.82) is 5.26 Å². The Balaban J connectivity index is 2.25. The van der Waals surface area contributed by atoms with Crippen molar-refractivity contribution in [3.8, 4) is 6.07 Å². The summed E-state index contributed by atoms with van der Waals surface area (Å²) in [6, 6.07) is 5.02. The van der Waals surface area contributed by atoms with E-state index in [0.717, 1.165) is 18.4 Å². The van der Waals surface area contributed by atoms with Crippen molar-refractivity contribution in [2.24, 2.45) is 5.92 Å². The van der Waals surface area contributed by atoms with E-state index in [2.05, 4.69) is 0 Å². The predicted molar refractivity (Wildman–Crippen MR) is 67.2 cm³/mol. The second-order valence-corrected chi connectivity index (χ2v) is 4.80. The normalized spacial score (nSPS) is 16.8. The molecule has 0 atom stereocenters. The molecule has 1 heterocycles. The van der Waals surface area contributed by atoms with Crippen LogP contribution in [0.25, 0.3) is 0 Å². The van der Waals surface area contributed by atoms with Crippen LogP contribution in [0, 0.1) is 17.2 Å². The Bertz CT molecular complexity index is 540. The summed E-state index contributed by atoms with van der Waals surface area (Å²) in [5.74, 6) is 0.00577. The van der Waals surface area contributed by atoms with Gasteiger partial charge in [-0.3, -0.25) is 0 Å². The van der Waals surface area contributed by atoms with Crippen LogP contribution in [-0.4, -0.2) is 19.4 Å². The van der Waals surface area contributed by atoms with Gasteiger partial charge in [0.25, 0.3) is 0 Å². The lowest BCUT2D eigenvalue weighted by Crippen LogP contribution is -2.34. The van der Waals surface area contributed by atoms with Crippen LogP contribution >= 0.6 is 0 Å². The van der Waals surface area contributed by atoms with Crippen LogP contribution in [0.4, 0.5) is 18.9 Å². The molecule has 0 N–H and O–H groups in total. The van der Waals surface area contributed by atoms with Crippen molar-refractivity contribution < 1.29 is 18.0 Å². The molecule has 0 aliphatic carbocycles. The van der Waals surface area contributed by atoms with E-state index in [-0.39, 0.29) is 11.5 Å². The molecule has 1 aliphatic heterocycles. The first-order valence-electron chi connectivity index (χ1n) is 6.27. The quantitative estimate of drug-likeness (QED) is 0.783. The number of halogens is 3. The highest BCUT2D eigenvalue weighted by molar-refractivity contribution is 5.62. The lowest BCUT2D eigenvalue weighted by Gasteiger charge is -2.32. The monoisotopic (exact) mass is 282 g/mol. The van der Waals surface area contributed by atoms with Gasteiger partial charge in [0.05, 0.1) is 16.8 Å². The Morgan fingerprint density at radius 1 is 1.30 bits per heavy atom. The SMILES string of the molecule is N#Cc1cc(C(F)(F)F)ccc1N1CCC(C=O)CC1. The van der Waals surface area contributed by atoms with E-state index in [4.69, 9.17) is 5.26 Å². The van der Waals surface area contributed by atoms with E-state index >= 15 is 0 Å². The zero-order valence-electron chi connectivity index (χ0n) is 10.7. The Morgan fingerprint density at radius 2 is 1.95 bits per heavy atom. The number of nitrogens with zero attached hydrogens (tertiary/aromatic N) is 2. The topological polar surface area (TPSA) is 44.1 Å². The van der Waals surface area contributed by atoms with Gasteiger partial charge in [-0.1, -0.05) is 0 Å². The fourth-order valence-corrected chi connectivity index (χ4v) is 2.35. The van der Waals surface area contributed by atoms with Gasteiger partial charge in [-0.25, -0.2) is 0 Å². The molecule has 1 aromatic rings. The molecule has 0 radical (unpaired) electrons. The Labute approximate surface area is 114 Å². The Morgan fingerprint density at radius 3 is 2.45 bits per heavy atom. The lowest BCUT2D eigenvalue weighted by molar-refractivity contribution is -0.137. The number of benzene rings is 1. The molecule has 1 aromatic carbocycles. The molecule has 1 aliphatic rings. The highest BCUT2D eigenvalue weighted by Crippen LogP contribution is 2.33. The van der Waals surface area contributed by atoms with Gasteiger partial charge in [-0.2, -0.15) is 18.4 Å². The number of rotatable bonds is 2. The summed E-state index contributed by atoms with van der Waals surface area (Å²) in [7, 11) is 0. The molecular weight excluding hydrogens is 269 g/mol. The summed E-state index contributed by atoms with van der Waals surface area (Å²) < 4.78 is 37.8. The fourth-order valence-electron chi connectivity index (χ4n) is 2.35. The standard InChI is InChI=1S/C14H13F3N2O/c15-14(16,17)12-1-2-13(11(7-12)8-18)19-5-3-10(9-20)4-6-19/h1-2,7,9-10H,3-6H2. The molecule has 0 saturated carbocycles. The first-order valence-corrected chi connectivity index (χ1v) is 6.27. The van der Waals surface area contributed by atoms with Gasteiger partial charge >= 0.3 is 6.18 Å². The number of aldehydes is 1. The predicted octanol–water partition coefficient (Wildman–Crippen LogP) is 2.99. The average Bonchev–Trinajstić information content (AvgIpc) is 2.45. The van der Waals surface area contributed by atoms with Crippen molar-refractivity contribution in [3.05, 3.63) is 29.3 Å². The number of hydrogen-bond acceptors (Lipinski definition) is 3. The third-order valence-electron chi connectivity index (χ3n) is 3.52. The maximum Gasteiger partial charge on any atom is 0.416 e. The molecule has 3 nitrogen and oxygen atoms in total. The third-order valence-corrected chi connectivity index (χ3v) is 3.52. The number of carbonyl (C=O) groups is 1. The zero-order valence-corrected chi connectivity index (χ0v) is 10.7. The van der Waals surface area contributed by atoms with E-state index in [0.29, 0.717) is 31.6 Å². The van der Waals surface area contributed by atoms with Crippen molar-refractivity contribution in [1.82, 2.24) is 0 Å². The van der Waals surface area contributed by atoms with Crippen molar-refractivity contribution in [2.45, 2.75) is 19.0 Å². The molecule has 0 bridgehead atoms. The van der Waals surface area contributed by atoms with Crippen LogP contribution in [0.5, 0.6) is 0 Å². The number of alkyl halides is 3.